The van der Waals surface area contributed by atoms with Crippen LogP contribution in [0.15, 0.2) is 59.4 Å². The largest absolute Gasteiger partial charge is 0.364 e. The fourth-order valence-electron chi connectivity index (χ4n) is 3.63. The summed E-state index contributed by atoms with van der Waals surface area (Å²) >= 11 is 9.63. The fourth-order valence-corrected chi connectivity index (χ4v) is 4.33. The second kappa shape index (κ2) is 7.74. The highest BCUT2D eigenvalue weighted by Crippen LogP contribution is 2.29. The van der Waals surface area contributed by atoms with Gasteiger partial charge in [-0.3, -0.25) is 4.79 Å². The van der Waals surface area contributed by atoms with E-state index >= 15 is 0 Å². The van der Waals surface area contributed by atoms with Crippen molar-refractivity contribution in [2.24, 2.45) is 0 Å². The number of halogens is 2. The lowest BCUT2D eigenvalue weighted by Gasteiger charge is -2.17. The average molecular weight is 483 g/mol. The number of carbonyl (C=O) groups excluding carboxylic acids is 1. The molecule has 8 heteroatoms. The van der Waals surface area contributed by atoms with Crippen molar-refractivity contribution >= 4 is 61.1 Å². The molecule has 0 unspecified atom stereocenters. The number of aromatic amines is 1. The predicted octanol–water partition coefficient (Wildman–Crippen LogP) is 5.15. The van der Waals surface area contributed by atoms with E-state index in [9.17, 15) is 4.79 Å². The van der Waals surface area contributed by atoms with Gasteiger partial charge >= 0.3 is 0 Å². The molecule has 2 aromatic heterocycles. The molecule has 3 heterocycles. The number of rotatable bonds is 4. The van der Waals surface area contributed by atoms with E-state index in [1.165, 1.54) is 6.33 Å². The van der Waals surface area contributed by atoms with Gasteiger partial charge in [0.15, 0.2) is 0 Å². The molecule has 1 aliphatic rings. The first kappa shape index (κ1) is 19.1. The Labute approximate surface area is 186 Å². The molecular formula is C22H17BrClN5O. The molecule has 4 aromatic rings. The molecular weight excluding hydrogens is 466 g/mol. The molecule has 30 heavy (non-hydrogen) atoms. The first-order chi connectivity index (χ1) is 14.6. The summed E-state index contributed by atoms with van der Waals surface area (Å²) in [5.74, 6) is 0.692. The number of hydrogen-bond donors (Lipinski definition) is 2. The van der Waals surface area contributed by atoms with Crippen LogP contribution in [0.2, 0.25) is 5.02 Å². The van der Waals surface area contributed by atoms with Crippen LogP contribution in [0.1, 0.15) is 16.1 Å². The van der Waals surface area contributed by atoms with Crippen molar-refractivity contribution in [1.29, 1.82) is 0 Å². The number of hydrogen-bond acceptors (Lipinski definition) is 4. The molecule has 2 N–H and O–H groups in total. The van der Waals surface area contributed by atoms with E-state index in [0.29, 0.717) is 36.0 Å². The predicted molar refractivity (Wildman–Crippen MR) is 123 cm³/mol. The summed E-state index contributed by atoms with van der Waals surface area (Å²) < 4.78 is 0.727. The molecule has 0 radical (unpaired) electrons. The maximum atomic E-state index is 12.8. The van der Waals surface area contributed by atoms with E-state index in [-0.39, 0.29) is 5.91 Å². The van der Waals surface area contributed by atoms with Crippen molar-refractivity contribution in [2.75, 3.05) is 18.4 Å². The van der Waals surface area contributed by atoms with Gasteiger partial charge in [-0.15, -0.1) is 0 Å². The van der Waals surface area contributed by atoms with Gasteiger partial charge in [-0.2, -0.15) is 0 Å². The SMILES string of the molecule is O=C(c1cc2ncnc(NCc3cc4cc(Cl)ccc4[nH]3)c2cc1Br)N1CC=CC1. The summed E-state index contributed by atoms with van der Waals surface area (Å²) in [7, 11) is 0. The Morgan fingerprint density at radius 1 is 1.17 bits per heavy atom. The number of benzene rings is 2. The zero-order valence-corrected chi connectivity index (χ0v) is 18.2. The van der Waals surface area contributed by atoms with Crippen LogP contribution in [0.3, 0.4) is 0 Å². The average Bonchev–Trinajstić information content (AvgIpc) is 3.41. The molecule has 0 atom stereocenters. The minimum absolute atomic E-state index is 0.0152. The van der Waals surface area contributed by atoms with Gasteiger partial charge in [0.25, 0.3) is 5.91 Å². The third kappa shape index (κ3) is 3.55. The van der Waals surface area contributed by atoms with Crippen LogP contribution >= 0.6 is 27.5 Å². The van der Waals surface area contributed by atoms with Gasteiger partial charge in [0.2, 0.25) is 0 Å². The maximum absolute atomic E-state index is 12.8. The molecule has 0 spiro atoms. The summed E-state index contributed by atoms with van der Waals surface area (Å²) in [4.78, 5) is 26.7. The van der Waals surface area contributed by atoms with E-state index in [1.807, 2.05) is 42.5 Å². The lowest BCUT2D eigenvalue weighted by molar-refractivity contribution is 0.0799. The van der Waals surface area contributed by atoms with Crippen molar-refractivity contribution in [3.8, 4) is 0 Å². The molecule has 5 rings (SSSR count). The molecule has 0 saturated carbocycles. The molecule has 0 saturated heterocycles. The van der Waals surface area contributed by atoms with E-state index in [1.54, 1.807) is 4.90 Å². The van der Waals surface area contributed by atoms with Crippen LogP contribution in [0.5, 0.6) is 0 Å². The van der Waals surface area contributed by atoms with Gasteiger partial charge in [0.1, 0.15) is 12.1 Å². The number of anilines is 1. The normalized spacial score (nSPS) is 13.5. The van der Waals surface area contributed by atoms with Crippen molar-refractivity contribution < 1.29 is 4.79 Å². The summed E-state index contributed by atoms with van der Waals surface area (Å²) in [6.07, 6.45) is 5.50. The lowest BCUT2D eigenvalue weighted by Crippen LogP contribution is -2.28. The van der Waals surface area contributed by atoms with Crippen LogP contribution < -0.4 is 5.32 Å². The molecule has 2 aromatic carbocycles. The first-order valence-corrected chi connectivity index (χ1v) is 10.6. The quantitative estimate of drug-likeness (QED) is 0.395. The number of nitrogens with one attached hydrogen (secondary N) is 2. The minimum atomic E-state index is -0.0152. The van der Waals surface area contributed by atoms with Gasteiger partial charge in [-0.1, -0.05) is 23.8 Å². The van der Waals surface area contributed by atoms with E-state index in [2.05, 4.69) is 42.3 Å². The molecule has 1 amide bonds. The first-order valence-electron chi connectivity index (χ1n) is 9.48. The van der Waals surface area contributed by atoms with Gasteiger partial charge in [0.05, 0.1) is 17.6 Å². The summed E-state index contributed by atoms with van der Waals surface area (Å²) in [6, 6.07) is 11.5. The van der Waals surface area contributed by atoms with Crippen molar-refractivity contribution in [3.63, 3.8) is 0 Å². The van der Waals surface area contributed by atoms with Crippen LogP contribution in [0.4, 0.5) is 5.82 Å². The zero-order chi connectivity index (χ0) is 20.7. The van der Waals surface area contributed by atoms with Crippen molar-refractivity contribution in [2.45, 2.75) is 6.54 Å². The van der Waals surface area contributed by atoms with Crippen LogP contribution in [0.25, 0.3) is 21.8 Å². The van der Waals surface area contributed by atoms with E-state index in [4.69, 9.17) is 11.6 Å². The van der Waals surface area contributed by atoms with Gasteiger partial charge in [0, 0.05) is 44.6 Å². The Morgan fingerprint density at radius 3 is 2.83 bits per heavy atom. The number of carbonyl (C=O) groups is 1. The number of H-pyrrole nitrogens is 1. The monoisotopic (exact) mass is 481 g/mol. The second-order valence-corrected chi connectivity index (χ2v) is 8.42. The Kier molecular flexibility index (Phi) is 4.92. The molecule has 6 nitrogen and oxygen atoms in total. The second-order valence-electron chi connectivity index (χ2n) is 7.13. The van der Waals surface area contributed by atoms with Gasteiger partial charge < -0.3 is 15.2 Å². The molecule has 150 valence electrons. The summed E-state index contributed by atoms with van der Waals surface area (Å²) in [6.45, 7) is 1.83. The van der Waals surface area contributed by atoms with Crippen molar-refractivity contribution in [1.82, 2.24) is 19.9 Å². The topological polar surface area (TPSA) is 73.9 Å². The molecule has 1 aliphatic heterocycles. The van der Waals surface area contributed by atoms with Crippen LogP contribution in [-0.2, 0) is 6.54 Å². The van der Waals surface area contributed by atoms with Crippen molar-refractivity contribution in [3.05, 3.63) is 75.6 Å². The maximum Gasteiger partial charge on any atom is 0.255 e. The van der Waals surface area contributed by atoms with Crippen LogP contribution in [-0.4, -0.2) is 38.8 Å². The van der Waals surface area contributed by atoms with E-state index in [0.717, 1.165) is 32.0 Å². The Hall–Kier alpha value is -2.90. The fraction of sp³-hybridized carbons (Fsp3) is 0.136. The Bertz CT molecular complexity index is 1310. The lowest BCUT2D eigenvalue weighted by atomic mass is 10.1. The molecule has 0 bridgehead atoms. The third-order valence-corrected chi connectivity index (χ3v) is 6.04. The highest BCUT2D eigenvalue weighted by molar-refractivity contribution is 9.10. The highest BCUT2D eigenvalue weighted by atomic mass is 79.9. The minimum Gasteiger partial charge on any atom is -0.364 e. The number of nitrogens with zero attached hydrogens (tertiary/aromatic N) is 3. The number of fused-ring (bicyclic) bond motifs is 2. The highest BCUT2D eigenvalue weighted by Gasteiger charge is 2.20. The number of amides is 1. The van der Waals surface area contributed by atoms with Gasteiger partial charge in [-0.05, 0) is 52.3 Å². The smallest absolute Gasteiger partial charge is 0.255 e. The van der Waals surface area contributed by atoms with Crippen LogP contribution in [0, 0.1) is 0 Å². The molecule has 0 fully saturated rings. The zero-order valence-electron chi connectivity index (χ0n) is 15.8. The van der Waals surface area contributed by atoms with Gasteiger partial charge in [-0.25, -0.2) is 9.97 Å². The standard InChI is InChI=1S/C22H17BrClN5O/c23-18-9-17-20(10-16(18)22(30)29-5-1-2-6-29)26-12-27-21(17)25-11-15-8-13-7-14(24)3-4-19(13)28-15/h1-4,7-10,12,28H,5-6,11H2,(H,25,26,27). The Balaban J connectivity index is 1.42. The molecule has 0 aliphatic carbocycles. The summed E-state index contributed by atoms with van der Waals surface area (Å²) in [5, 5.41) is 5.99. The number of aromatic nitrogens is 3. The summed E-state index contributed by atoms with van der Waals surface area (Å²) in [5.41, 5.74) is 3.37. The Morgan fingerprint density at radius 2 is 2.00 bits per heavy atom. The third-order valence-electron chi connectivity index (χ3n) is 5.14. The van der Waals surface area contributed by atoms with E-state index < -0.39 is 0 Å².